The summed E-state index contributed by atoms with van der Waals surface area (Å²) in [5.41, 5.74) is -0.630. The molecule has 0 aromatic heterocycles. The van der Waals surface area contributed by atoms with E-state index in [2.05, 4.69) is 6.07 Å². The van der Waals surface area contributed by atoms with E-state index in [1.807, 2.05) is 13.8 Å². The van der Waals surface area contributed by atoms with Crippen LogP contribution < -0.4 is 0 Å². The fourth-order valence-corrected chi connectivity index (χ4v) is 0.613. The molecule has 0 aliphatic rings. The van der Waals surface area contributed by atoms with Crippen LogP contribution in [0.3, 0.4) is 0 Å². The number of nitrogens with zero attached hydrogens (tertiary/aromatic N) is 1. The normalized spacial score (nSPS) is 14.3. The molecule has 0 saturated carbocycles. The highest BCUT2D eigenvalue weighted by atomic mass is 16.5. The molecule has 0 saturated heterocycles. The first-order chi connectivity index (χ1) is 4.52. The van der Waals surface area contributed by atoms with Crippen molar-refractivity contribution >= 4 is 0 Å². The van der Waals surface area contributed by atoms with Crippen molar-refractivity contribution in [2.75, 3.05) is 0 Å². The largest absolute Gasteiger partial charge is 0.358 e. The van der Waals surface area contributed by atoms with Crippen LogP contribution >= 0.6 is 0 Å². The second kappa shape index (κ2) is 3.58. The van der Waals surface area contributed by atoms with Crippen molar-refractivity contribution in [3.8, 4) is 6.07 Å². The van der Waals surface area contributed by atoms with Crippen LogP contribution in [0.4, 0.5) is 0 Å². The minimum Gasteiger partial charge on any atom is -0.358 e. The van der Waals surface area contributed by atoms with Gasteiger partial charge in [-0.25, -0.2) is 0 Å². The lowest BCUT2D eigenvalue weighted by atomic mass is 10.1. The Morgan fingerprint density at radius 1 is 1.60 bits per heavy atom. The molecule has 0 bridgehead atoms. The number of rotatable bonds is 3. The van der Waals surface area contributed by atoms with Crippen molar-refractivity contribution in [3.63, 3.8) is 0 Å². The van der Waals surface area contributed by atoms with Crippen LogP contribution in [-0.4, -0.2) is 11.7 Å². The van der Waals surface area contributed by atoms with Crippen molar-refractivity contribution in [3.05, 3.63) is 0 Å². The lowest BCUT2D eigenvalue weighted by Gasteiger charge is -2.21. The Bertz CT molecular complexity index is 135. The van der Waals surface area contributed by atoms with Gasteiger partial charge in [-0.2, -0.15) is 5.26 Å². The van der Waals surface area contributed by atoms with E-state index in [1.54, 1.807) is 13.8 Å². The summed E-state index contributed by atoms with van der Waals surface area (Å²) in [5.74, 6) is 0. The number of hydrogen-bond acceptors (Lipinski definition) is 2. The van der Waals surface area contributed by atoms with Gasteiger partial charge in [0.15, 0.2) is 0 Å². The van der Waals surface area contributed by atoms with E-state index >= 15 is 0 Å². The molecular formula is C8H15NO. The van der Waals surface area contributed by atoms with Gasteiger partial charge < -0.3 is 4.74 Å². The maximum atomic E-state index is 8.56. The zero-order valence-electron chi connectivity index (χ0n) is 7.14. The Hall–Kier alpha value is -0.550. The van der Waals surface area contributed by atoms with Gasteiger partial charge in [0.2, 0.25) is 0 Å². The van der Waals surface area contributed by atoms with Crippen LogP contribution in [0.25, 0.3) is 0 Å². The third-order valence-electron chi connectivity index (χ3n) is 1.34. The summed E-state index contributed by atoms with van der Waals surface area (Å²) < 4.78 is 5.38. The van der Waals surface area contributed by atoms with Gasteiger partial charge in [-0.3, -0.25) is 0 Å². The predicted octanol–water partition coefficient (Wildman–Crippen LogP) is 2.10. The molecule has 0 spiro atoms. The molecule has 0 radical (unpaired) electrons. The summed E-state index contributed by atoms with van der Waals surface area (Å²) >= 11 is 0. The van der Waals surface area contributed by atoms with Crippen LogP contribution in [0.5, 0.6) is 0 Å². The summed E-state index contributed by atoms with van der Waals surface area (Å²) in [6.07, 6.45) is 1.13. The monoisotopic (exact) mass is 141 g/mol. The summed E-state index contributed by atoms with van der Waals surface area (Å²) in [6.45, 7) is 7.57. The van der Waals surface area contributed by atoms with Gasteiger partial charge in [-0.05, 0) is 27.2 Å². The van der Waals surface area contributed by atoms with Crippen molar-refractivity contribution in [1.29, 1.82) is 5.26 Å². The Morgan fingerprint density at radius 3 is 2.40 bits per heavy atom. The quantitative estimate of drug-likeness (QED) is 0.603. The lowest BCUT2D eigenvalue weighted by molar-refractivity contribution is -0.0282. The molecular weight excluding hydrogens is 126 g/mol. The molecule has 0 aliphatic carbocycles. The van der Waals surface area contributed by atoms with Crippen LogP contribution in [0.15, 0.2) is 0 Å². The molecule has 2 nitrogen and oxygen atoms in total. The van der Waals surface area contributed by atoms with Crippen LogP contribution in [0.1, 0.15) is 34.1 Å². The Morgan fingerprint density at radius 2 is 2.10 bits per heavy atom. The third-order valence-corrected chi connectivity index (χ3v) is 1.34. The average molecular weight is 141 g/mol. The maximum absolute atomic E-state index is 8.56. The fourth-order valence-electron chi connectivity index (χ4n) is 0.613. The SMILES string of the molecule is CCC(C)OC(C)(C)C#N. The van der Waals surface area contributed by atoms with Gasteiger partial charge in [0.1, 0.15) is 5.60 Å². The molecule has 0 amide bonds. The standard InChI is InChI=1S/C8H15NO/c1-5-7(2)10-8(3,4)6-9/h7H,5H2,1-4H3. The first-order valence-electron chi connectivity index (χ1n) is 3.61. The summed E-state index contributed by atoms with van der Waals surface area (Å²) in [6, 6.07) is 2.08. The van der Waals surface area contributed by atoms with Gasteiger partial charge in [0.25, 0.3) is 0 Å². The van der Waals surface area contributed by atoms with Gasteiger partial charge in [-0.15, -0.1) is 0 Å². The molecule has 58 valence electrons. The van der Waals surface area contributed by atoms with E-state index in [9.17, 15) is 0 Å². The Labute approximate surface area is 62.8 Å². The molecule has 2 heteroatoms. The fraction of sp³-hybridized carbons (Fsp3) is 0.875. The third kappa shape index (κ3) is 3.47. The minimum absolute atomic E-state index is 0.176. The van der Waals surface area contributed by atoms with Gasteiger partial charge >= 0.3 is 0 Å². The molecule has 10 heavy (non-hydrogen) atoms. The molecule has 0 heterocycles. The molecule has 0 aromatic carbocycles. The van der Waals surface area contributed by atoms with Crippen LogP contribution in [-0.2, 0) is 4.74 Å². The number of hydrogen-bond donors (Lipinski definition) is 0. The first-order valence-corrected chi connectivity index (χ1v) is 3.61. The van der Waals surface area contributed by atoms with Crippen LogP contribution in [0, 0.1) is 11.3 Å². The highest BCUT2D eigenvalue weighted by molar-refractivity contribution is 4.94. The van der Waals surface area contributed by atoms with E-state index in [0.29, 0.717) is 0 Å². The molecule has 0 rings (SSSR count). The second-order valence-corrected chi connectivity index (χ2v) is 2.96. The molecule has 0 fully saturated rings. The molecule has 0 aliphatic heterocycles. The van der Waals surface area contributed by atoms with E-state index in [0.717, 1.165) is 6.42 Å². The van der Waals surface area contributed by atoms with Crippen molar-refractivity contribution < 1.29 is 4.74 Å². The van der Waals surface area contributed by atoms with E-state index in [-0.39, 0.29) is 6.10 Å². The predicted molar refractivity (Wildman–Crippen MR) is 40.5 cm³/mol. The summed E-state index contributed by atoms with van der Waals surface area (Å²) in [5, 5.41) is 8.56. The average Bonchev–Trinajstić information content (AvgIpc) is 1.87. The molecule has 0 N–H and O–H groups in total. The van der Waals surface area contributed by atoms with Crippen LogP contribution in [0.2, 0.25) is 0 Å². The van der Waals surface area contributed by atoms with Crippen molar-refractivity contribution in [2.24, 2.45) is 0 Å². The zero-order valence-corrected chi connectivity index (χ0v) is 7.14. The van der Waals surface area contributed by atoms with E-state index in [4.69, 9.17) is 10.00 Å². The van der Waals surface area contributed by atoms with E-state index in [1.165, 1.54) is 0 Å². The molecule has 1 unspecified atom stereocenters. The smallest absolute Gasteiger partial charge is 0.149 e. The molecule has 0 aromatic rings. The topological polar surface area (TPSA) is 33.0 Å². The van der Waals surface area contributed by atoms with Crippen molar-refractivity contribution in [2.45, 2.75) is 45.8 Å². The summed E-state index contributed by atoms with van der Waals surface area (Å²) in [7, 11) is 0. The van der Waals surface area contributed by atoms with Gasteiger partial charge in [0.05, 0.1) is 12.2 Å². The number of nitriles is 1. The molecule has 1 atom stereocenters. The lowest BCUT2D eigenvalue weighted by Crippen LogP contribution is -2.26. The summed E-state index contributed by atoms with van der Waals surface area (Å²) in [4.78, 5) is 0. The van der Waals surface area contributed by atoms with Crippen molar-refractivity contribution in [1.82, 2.24) is 0 Å². The minimum atomic E-state index is -0.630. The second-order valence-electron chi connectivity index (χ2n) is 2.96. The highest BCUT2D eigenvalue weighted by Crippen LogP contribution is 2.11. The van der Waals surface area contributed by atoms with Gasteiger partial charge in [-0.1, -0.05) is 6.92 Å². The highest BCUT2D eigenvalue weighted by Gasteiger charge is 2.19. The first kappa shape index (κ1) is 9.45. The maximum Gasteiger partial charge on any atom is 0.149 e. The van der Waals surface area contributed by atoms with Gasteiger partial charge in [0, 0.05) is 0 Å². The number of ether oxygens (including phenoxy) is 1. The van der Waals surface area contributed by atoms with E-state index < -0.39 is 5.60 Å². The zero-order chi connectivity index (χ0) is 8.20. The Kier molecular flexibility index (Phi) is 3.38. The Balaban J connectivity index is 3.79.